The number of rotatable bonds is 7. The molecule has 0 saturated carbocycles. The van der Waals surface area contributed by atoms with Gasteiger partial charge in [-0.1, -0.05) is 0 Å². The Morgan fingerprint density at radius 3 is 2.81 bits per heavy atom. The monoisotopic (exact) mass is 353 g/mol. The Balaban J connectivity index is 2.20. The van der Waals surface area contributed by atoms with E-state index in [0.717, 1.165) is 28.8 Å². The van der Waals surface area contributed by atoms with E-state index in [1.54, 1.807) is 19.3 Å². The van der Waals surface area contributed by atoms with Crippen LogP contribution in [0.1, 0.15) is 6.92 Å². The third-order valence-corrected chi connectivity index (χ3v) is 3.42. The van der Waals surface area contributed by atoms with Crippen LogP contribution in [-0.4, -0.2) is 31.9 Å². The third-order valence-electron chi connectivity index (χ3n) is 3.42. The van der Waals surface area contributed by atoms with Gasteiger partial charge < -0.3 is 32.2 Å². The first-order chi connectivity index (χ1) is 12.6. The van der Waals surface area contributed by atoms with Crippen molar-refractivity contribution in [3.63, 3.8) is 0 Å². The second-order valence-electron chi connectivity index (χ2n) is 5.23. The average molecular weight is 353 g/mol. The SMILES string of the molecule is CCOC(C=N)=CC(N)=NC1=CC=C2NC=C(C(C=NC)=CN)C=C2N1. The minimum absolute atomic E-state index is 0.230. The van der Waals surface area contributed by atoms with Crippen molar-refractivity contribution in [1.82, 2.24) is 10.6 Å². The molecule has 0 aromatic heterocycles. The normalized spacial score (nSPS) is 18.0. The summed E-state index contributed by atoms with van der Waals surface area (Å²) in [7, 11) is 1.69. The molecule has 2 aliphatic heterocycles. The number of nitrogens with zero attached hydrogens (tertiary/aromatic N) is 2. The summed E-state index contributed by atoms with van der Waals surface area (Å²) in [5.41, 5.74) is 15.0. The number of amidine groups is 1. The van der Waals surface area contributed by atoms with Gasteiger partial charge in [-0.3, -0.25) is 4.99 Å². The molecular formula is C18H23N7O. The number of dihydropyridines is 2. The van der Waals surface area contributed by atoms with Gasteiger partial charge in [-0.2, -0.15) is 0 Å². The fraction of sp³-hybridized carbons (Fsp3) is 0.167. The van der Waals surface area contributed by atoms with E-state index >= 15 is 0 Å². The summed E-state index contributed by atoms with van der Waals surface area (Å²) in [5, 5.41) is 13.7. The van der Waals surface area contributed by atoms with Crippen LogP contribution in [0.5, 0.6) is 0 Å². The van der Waals surface area contributed by atoms with Crippen LogP contribution in [-0.2, 0) is 4.74 Å². The summed E-state index contributed by atoms with van der Waals surface area (Å²) in [6.45, 7) is 2.29. The largest absolute Gasteiger partial charge is 0.492 e. The first kappa shape index (κ1) is 18.8. The number of aliphatic imine (C=N–C) groups is 2. The first-order valence-corrected chi connectivity index (χ1v) is 8.02. The Morgan fingerprint density at radius 1 is 1.35 bits per heavy atom. The van der Waals surface area contributed by atoms with Crippen LogP contribution >= 0.6 is 0 Å². The minimum Gasteiger partial charge on any atom is -0.492 e. The van der Waals surface area contributed by atoms with Gasteiger partial charge >= 0.3 is 0 Å². The Kier molecular flexibility index (Phi) is 6.55. The average Bonchev–Trinajstić information content (AvgIpc) is 2.65. The second kappa shape index (κ2) is 9.07. The predicted octanol–water partition coefficient (Wildman–Crippen LogP) is 1.16. The highest BCUT2D eigenvalue weighted by molar-refractivity contribution is 5.96. The number of hydrogen-bond donors (Lipinski definition) is 5. The summed E-state index contributed by atoms with van der Waals surface area (Å²) < 4.78 is 5.26. The van der Waals surface area contributed by atoms with Gasteiger partial charge in [0.2, 0.25) is 0 Å². The first-order valence-electron chi connectivity index (χ1n) is 8.02. The molecule has 136 valence electrons. The molecule has 0 bridgehead atoms. The maximum atomic E-state index is 7.29. The zero-order valence-electron chi connectivity index (χ0n) is 14.8. The van der Waals surface area contributed by atoms with Crippen molar-refractivity contribution in [3.8, 4) is 0 Å². The lowest BCUT2D eigenvalue weighted by Crippen LogP contribution is -2.26. The van der Waals surface area contributed by atoms with Crippen molar-refractivity contribution < 1.29 is 4.74 Å². The molecule has 0 aromatic rings. The molecule has 2 rings (SSSR count). The van der Waals surface area contributed by atoms with Crippen LogP contribution in [0.3, 0.4) is 0 Å². The summed E-state index contributed by atoms with van der Waals surface area (Å²) in [6, 6.07) is 0. The number of allylic oxidation sites excluding steroid dienone is 6. The Bertz CT molecular complexity index is 807. The summed E-state index contributed by atoms with van der Waals surface area (Å²) in [4.78, 5) is 8.31. The lowest BCUT2D eigenvalue weighted by Gasteiger charge is -2.23. The summed E-state index contributed by atoms with van der Waals surface area (Å²) in [5.74, 6) is 1.15. The van der Waals surface area contributed by atoms with Gasteiger partial charge in [-0.25, -0.2) is 4.99 Å². The second-order valence-corrected chi connectivity index (χ2v) is 5.23. The smallest absolute Gasteiger partial charge is 0.140 e. The van der Waals surface area contributed by atoms with Crippen molar-refractivity contribution in [2.24, 2.45) is 21.5 Å². The van der Waals surface area contributed by atoms with Crippen molar-refractivity contribution in [2.75, 3.05) is 13.7 Å². The topological polar surface area (TPSA) is 134 Å². The molecule has 2 aliphatic rings. The molecule has 0 aliphatic carbocycles. The molecule has 0 radical (unpaired) electrons. The van der Waals surface area contributed by atoms with Crippen LogP contribution in [0.15, 0.2) is 80.8 Å². The van der Waals surface area contributed by atoms with Crippen molar-refractivity contribution in [3.05, 3.63) is 70.8 Å². The number of ether oxygens (including phenoxy) is 1. The zero-order valence-corrected chi connectivity index (χ0v) is 14.8. The molecule has 0 amide bonds. The maximum absolute atomic E-state index is 7.29. The molecule has 8 nitrogen and oxygen atoms in total. The van der Waals surface area contributed by atoms with E-state index < -0.39 is 0 Å². The number of nitrogens with two attached hydrogens (primary N) is 2. The highest BCUT2D eigenvalue weighted by atomic mass is 16.5. The van der Waals surface area contributed by atoms with Crippen molar-refractivity contribution >= 4 is 18.3 Å². The van der Waals surface area contributed by atoms with Crippen LogP contribution in [0.2, 0.25) is 0 Å². The van der Waals surface area contributed by atoms with E-state index in [0.29, 0.717) is 18.2 Å². The van der Waals surface area contributed by atoms with Crippen molar-refractivity contribution in [2.45, 2.75) is 6.92 Å². The van der Waals surface area contributed by atoms with Gasteiger partial charge in [0.15, 0.2) is 0 Å². The van der Waals surface area contributed by atoms with E-state index in [9.17, 15) is 0 Å². The standard InChI is InChI=1S/C18H23N7O/c1-3-26-14(9-20)7-17(21)25-18-5-4-15-16(24-18)6-12(11-23-15)13(8-19)10-22-2/h4-11,20,23-24H,3,19H2,1-2H3,(H2,21,25). The molecule has 0 unspecified atom stereocenters. The molecule has 2 heterocycles. The van der Waals surface area contributed by atoms with Gasteiger partial charge in [0.1, 0.15) is 17.4 Å². The third kappa shape index (κ3) is 4.73. The molecule has 7 N–H and O–H groups in total. The Hall–Kier alpha value is -3.55. The van der Waals surface area contributed by atoms with Crippen LogP contribution < -0.4 is 22.1 Å². The van der Waals surface area contributed by atoms with E-state index in [4.69, 9.17) is 21.6 Å². The molecule has 0 saturated heterocycles. The van der Waals surface area contributed by atoms with Crippen LogP contribution in [0.4, 0.5) is 0 Å². The number of nitrogens with one attached hydrogen (secondary N) is 3. The maximum Gasteiger partial charge on any atom is 0.140 e. The molecule has 0 spiro atoms. The number of fused-ring (bicyclic) bond motifs is 1. The van der Waals surface area contributed by atoms with E-state index in [1.807, 2.05) is 25.3 Å². The molecule has 8 heteroatoms. The molecule has 0 aromatic carbocycles. The van der Waals surface area contributed by atoms with E-state index in [1.165, 1.54) is 12.3 Å². The van der Waals surface area contributed by atoms with E-state index in [2.05, 4.69) is 20.6 Å². The van der Waals surface area contributed by atoms with Gasteiger partial charge in [0, 0.05) is 42.9 Å². The fourth-order valence-electron chi connectivity index (χ4n) is 2.28. The molecular weight excluding hydrogens is 330 g/mol. The number of hydrogen-bond acceptors (Lipinski definition) is 7. The zero-order chi connectivity index (χ0) is 18.9. The van der Waals surface area contributed by atoms with Gasteiger partial charge in [0.25, 0.3) is 0 Å². The lowest BCUT2D eigenvalue weighted by atomic mass is 10.0. The minimum atomic E-state index is 0.230. The highest BCUT2D eigenvalue weighted by Gasteiger charge is 2.16. The lowest BCUT2D eigenvalue weighted by molar-refractivity contribution is 0.251. The van der Waals surface area contributed by atoms with E-state index in [-0.39, 0.29) is 5.84 Å². The van der Waals surface area contributed by atoms with Gasteiger partial charge in [0.05, 0.1) is 24.2 Å². The van der Waals surface area contributed by atoms with Crippen molar-refractivity contribution in [1.29, 1.82) is 5.41 Å². The van der Waals surface area contributed by atoms with Gasteiger partial charge in [-0.15, -0.1) is 0 Å². The molecule has 0 atom stereocenters. The highest BCUT2D eigenvalue weighted by Crippen LogP contribution is 2.22. The van der Waals surface area contributed by atoms with Crippen LogP contribution in [0.25, 0.3) is 0 Å². The summed E-state index contributed by atoms with van der Waals surface area (Å²) in [6.07, 6.45) is 13.3. The Morgan fingerprint density at radius 2 is 2.15 bits per heavy atom. The fourth-order valence-corrected chi connectivity index (χ4v) is 2.28. The quantitative estimate of drug-likeness (QED) is 0.266. The molecule has 26 heavy (non-hydrogen) atoms. The molecule has 0 fully saturated rings. The Labute approximate surface area is 152 Å². The predicted molar refractivity (Wildman–Crippen MR) is 105 cm³/mol. The summed E-state index contributed by atoms with van der Waals surface area (Å²) >= 11 is 0. The van der Waals surface area contributed by atoms with Gasteiger partial charge in [-0.05, 0) is 25.2 Å². The van der Waals surface area contributed by atoms with Crippen LogP contribution in [0, 0.1) is 5.41 Å².